The number of aryl methyl sites for hydroxylation is 3. The van der Waals surface area contributed by atoms with Gasteiger partial charge in [-0.3, -0.25) is 19.8 Å². The van der Waals surface area contributed by atoms with Crippen LogP contribution in [0, 0.1) is 20.8 Å². The van der Waals surface area contributed by atoms with Crippen molar-refractivity contribution in [3.8, 4) is 0 Å². The summed E-state index contributed by atoms with van der Waals surface area (Å²) in [6, 6.07) is 17.1. The first kappa shape index (κ1) is 24.3. The second kappa shape index (κ2) is 9.82. The highest BCUT2D eigenvalue weighted by atomic mass is 35.5. The third kappa shape index (κ3) is 5.31. The normalized spacial score (nSPS) is 10.8. The van der Waals surface area contributed by atoms with Crippen molar-refractivity contribution in [2.75, 3.05) is 16.1 Å². The molecule has 1 heterocycles. The Balaban J connectivity index is 1.63. The van der Waals surface area contributed by atoms with Gasteiger partial charge in [-0.15, -0.1) is 0 Å². The van der Waals surface area contributed by atoms with Crippen molar-refractivity contribution in [1.29, 1.82) is 0 Å². The molecule has 178 valence electrons. The number of halogens is 2. The van der Waals surface area contributed by atoms with Crippen LogP contribution in [0.4, 0.5) is 11.4 Å². The predicted molar refractivity (Wildman–Crippen MR) is 140 cm³/mol. The van der Waals surface area contributed by atoms with E-state index in [1.54, 1.807) is 48.5 Å². The minimum atomic E-state index is -0.940. The first-order valence-corrected chi connectivity index (χ1v) is 11.5. The third-order valence-corrected chi connectivity index (χ3v) is 6.12. The van der Waals surface area contributed by atoms with Crippen LogP contribution in [-0.2, 0) is 9.59 Å². The molecular formula is C26H22Cl2N4O3. The number of rotatable bonds is 4. The Hall–Kier alpha value is -3.81. The lowest BCUT2D eigenvalue weighted by Gasteiger charge is -2.14. The molecule has 7 nitrogen and oxygen atoms in total. The molecular weight excluding hydrogens is 487 g/mol. The van der Waals surface area contributed by atoms with Gasteiger partial charge in [0, 0.05) is 26.8 Å². The van der Waals surface area contributed by atoms with Crippen molar-refractivity contribution in [1.82, 2.24) is 4.68 Å². The first-order valence-electron chi connectivity index (χ1n) is 10.7. The van der Waals surface area contributed by atoms with Gasteiger partial charge < -0.3 is 10.6 Å². The van der Waals surface area contributed by atoms with Gasteiger partial charge in [0.2, 0.25) is 0 Å². The number of anilines is 2. The van der Waals surface area contributed by atoms with Gasteiger partial charge in [-0.2, -0.15) is 0 Å². The largest absolute Gasteiger partial charge is 0.328 e. The number of fused-ring (bicyclic) bond motifs is 1. The lowest BCUT2D eigenvalue weighted by molar-refractivity contribution is -0.133. The van der Waals surface area contributed by atoms with Crippen LogP contribution in [0.5, 0.6) is 0 Å². The van der Waals surface area contributed by atoms with Gasteiger partial charge in [-0.05, 0) is 74.4 Å². The van der Waals surface area contributed by atoms with Crippen LogP contribution in [0.1, 0.15) is 27.2 Å². The maximum absolute atomic E-state index is 13.1. The van der Waals surface area contributed by atoms with Gasteiger partial charge in [0.25, 0.3) is 5.91 Å². The molecule has 0 radical (unpaired) electrons. The molecule has 0 atom stereocenters. The summed E-state index contributed by atoms with van der Waals surface area (Å²) in [6.45, 7) is 5.63. The fraction of sp³-hybridized carbons (Fsp3) is 0.115. The van der Waals surface area contributed by atoms with Gasteiger partial charge in [0.1, 0.15) is 5.69 Å². The molecule has 0 fully saturated rings. The third-order valence-electron chi connectivity index (χ3n) is 5.48. The number of nitrogens with one attached hydrogen (secondary N) is 3. The Bertz CT molecular complexity index is 1490. The number of hydrogen-bond acceptors (Lipinski definition) is 3. The van der Waals surface area contributed by atoms with Gasteiger partial charge in [0.05, 0.1) is 5.52 Å². The first-order chi connectivity index (χ1) is 16.6. The van der Waals surface area contributed by atoms with E-state index in [9.17, 15) is 14.4 Å². The van der Waals surface area contributed by atoms with E-state index >= 15 is 0 Å². The van der Waals surface area contributed by atoms with E-state index in [4.69, 9.17) is 23.2 Å². The molecule has 0 aliphatic heterocycles. The van der Waals surface area contributed by atoms with Gasteiger partial charge in [-0.25, -0.2) is 4.68 Å². The summed E-state index contributed by atoms with van der Waals surface area (Å²) in [7, 11) is 0. The van der Waals surface area contributed by atoms with Crippen LogP contribution < -0.4 is 16.1 Å². The molecule has 3 aromatic carbocycles. The highest BCUT2D eigenvalue weighted by Gasteiger charge is 2.22. The molecule has 4 aromatic rings. The Morgan fingerprint density at radius 3 is 2.26 bits per heavy atom. The molecule has 1 aromatic heterocycles. The number of benzene rings is 3. The molecule has 4 rings (SSSR count). The maximum atomic E-state index is 13.1. The number of aromatic nitrogens is 1. The van der Waals surface area contributed by atoms with Crippen LogP contribution in [0.2, 0.25) is 10.0 Å². The summed E-state index contributed by atoms with van der Waals surface area (Å²) in [5, 5.41) is 6.96. The lowest BCUT2D eigenvalue weighted by Crippen LogP contribution is -2.36. The van der Waals surface area contributed by atoms with Crippen LogP contribution in [-0.4, -0.2) is 22.4 Å². The molecule has 0 unspecified atom stereocenters. The highest BCUT2D eigenvalue weighted by molar-refractivity contribution is 6.42. The Morgan fingerprint density at radius 1 is 0.771 bits per heavy atom. The molecule has 9 heteroatoms. The number of nitrogens with zero attached hydrogens (tertiary/aromatic N) is 1. The fourth-order valence-electron chi connectivity index (χ4n) is 3.62. The average molecular weight is 509 g/mol. The van der Waals surface area contributed by atoms with Crippen molar-refractivity contribution < 1.29 is 14.4 Å². The molecule has 0 saturated carbocycles. The van der Waals surface area contributed by atoms with E-state index in [1.165, 1.54) is 4.68 Å². The summed E-state index contributed by atoms with van der Waals surface area (Å²) in [4.78, 5) is 38.6. The van der Waals surface area contributed by atoms with Gasteiger partial charge in [0.15, 0.2) is 0 Å². The lowest BCUT2D eigenvalue weighted by atomic mass is 10.1. The molecule has 0 bridgehead atoms. The van der Waals surface area contributed by atoms with Gasteiger partial charge in [-0.1, -0.05) is 47.0 Å². The van der Waals surface area contributed by atoms with E-state index in [0.717, 1.165) is 16.7 Å². The molecule has 3 amide bonds. The van der Waals surface area contributed by atoms with Crippen LogP contribution >= 0.6 is 23.2 Å². The molecule has 0 saturated heterocycles. The zero-order valence-corrected chi connectivity index (χ0v) is 20.7. The minimum absolute atomic E-state index is 0.103. The highest BCUT2D eigenvalue weighted by Crippen LogP contribution is 2.25. The van der Waals surface area contributed by atoms with Crippen molar-refractivity contribution in [3.05, 3.63) is 93.1 Å². The summed E-state index contributed by atoms with van der Waals surface area (Å²) >= 11 is 12.3. The zero-order chi connectivity index (χ0) is 25.3. The van der Waals surface area contributed by atoms with Crippen LogP contribution in [0.3, 0.4) is 0 Å². The Morgan fingerprint density at radius 2 is 1.54 bits per heavy atom. The predicted octanol–water partition coefficient (Wildman–Crippen LogP) is 5.83. The van der Waals surface area contributed by atoms with E-state index in [-0.39, 0.29) is 5.69 Å². The summed E-state index contributed by atoms with van der Waals surface area (Å²) in [6.07, 6.45) is 0. The maximum Gasteiger partial charge on any atom is 0.328 e. The van der Waals surface area contributed by atoms with E-state index in [0.29, 0.717) is 32.3 Å². The Kier molecular flexibility index (Phi) is 6.82. The standard InChI is InChI=1S/C26H22Cl2N4O3/c1-14-4-8-21(16(3)10-14)30-25(34)26(35)31-32-22-9-6-18(27)11-17(22)12-23(32)24(33)29-19-7-5-15(2)20(28)13-19/h4-13H,1-3H3,(H,29,33)(H,30,34)(H,31,35). The van der Waals surface area contributed by atoms with Crippen molar-refractivity contribution in [3.63, 3.8) is 0 Å². The molecule has 0 aliphatic carbocycles. The number of carbonyl (C=O) groups excluding carboxylic acids is 3. The van der Waals surface area contributed by atoms with Crippen LogP contribution in [0.15, 0.2) is 60.7 Å². The minimum Gasteiger partial charge on any atom is -0.321 e. The average Bonchev–Trinajstić information content (AvgIpc) is 3.15. The van der Waals surface area contributed by atoms with E-state index in [1.807, 2.05) is 32.9 Å². The SMILES string of the molecule is Cc1ccc(NC(=O)C(=O)Nn2c(C(=O)Nc3ccc(C)c(Cl)c3)cc3cc(Cl)ccc32)c(C)c1. The fourth-order valence-corrected chi connectivity index (χ4v) is 3.99. The van der Waals surface area contributed by atoms with Crippen LogP contribution in [0.25, 0.3) is 10.9 Å². The summed E-state index contributed by atoms with van der Waals surface area (Å²) in [5.41, 5.74) is 6.86. The van der Waals surface area contributed by atoms with E-state index in [2.05, 4.69) is 16.1 Å². The second-order valence-electron chi connectivity index (χ2n) is 8.20. The monoisotopic (exact) mass is 508 g/mol. The molecule has 3 N–H and O–H groups in total. The molecule has 0 aliphatic rings. The summed E-state index contributed by atoms with van der Waals surface area (Å²) in [5.74, 6) is -2.32. The number of carbonyl (C=O) groups is 3. The number of hydrogen-bond donors (Lipinski definition) is 3. The Labute approximate surface area is 212 Å². The van der Waals surface area contributed by atoms with Crippen molar-refractivity contribution in [2.24, 2.45) is 0 Å². The van der Waals surface area contributed by atoms with Crippen molar-refractivity contribution in [2.45, 2.75) is 20.8 Å². The molecule has 0 spiro atoms. The number of amides is 3. The quantitative estimate of drug-likeness (QED) is 0.302. The smallest absolute Gasteiger partial charge is 0.321 e. The van der Waals surface area contributed by atoms with Crippen molar-refractivity contribution >= 4 is 63.2 Å². The summed E-state index contributed by atoms with van der Waals surface area (Å²) < 4.78 is 1.26. The topological polar surface area (TPSA) is 92.2 Å². The van der Waals surface area contributed by atoms with Gasteiger partial charge >= 0.3 is 11.8 Å². The second-order valence-corrected chi connectivity index (χ2v) is 9.04. The molecule has 35 heavy (non-hydrogen) atoms. The van der Waals surface area contributed by atoms with E-state index < -0.39 is 17.7 Å². The zero-order valence-electron chi connectivity index (χ0n) is 19.2.